The van der Waals surface area contributed by atoms with E-state index in [1.54, 1.807) is 0 Å². The quantitative estimate of drug-likeness (QED) is 0.379. The Bertz CT molecular complexity index is 502. The van der Waals surface area contributed by atoms with Crippen molar-refractivity contribution in [3.8, 4) is 0 Å². The Balaban J connectivity index is 1.26. The van der Waals surface area contributed by atoms with Gasteiger partial charge in [-0.3, -0.25) is 4.79 Å². The first-order valence-corrected chi connectivity index (χ1v) is 11.1. The van der Waals surface area contributed by atoms with Crippen LogP contribution < -0.4 is 0 Å². The van der Waals surface area contributed by atoms with Gasteiger partial charge < -0.3 is 14.6 Å². The fourth-order valence-corrected chi connectivity index (χ4v) is 6.52. The highest BCUT2D eigenvalue weighted by atomic mass is 32.2. The van der Waals surface area contributed by atoms with Crippen LogP contribution in [0.1, 0.15) is 57.8 Å². The fraction of sp³-hybridized carbons (Fsp3) is 0.850. The van der Waals surface area contributed by atoms with Gasteiger partial charge in [-0.05, 0) is 43.8 Å². The number of unbranched alkanes of at least 4 members (excludes halogenated alkanes) is 1. The van der Waals surface area contributed by atoms with Crippen LogP contribution in [0.25, 0.3) is 0 Å². The van der Waals surface area contributed by atoms with Crippen molar-refractivity contribution < 1.29 is 19.4 Å². The molecule has 0 aromatic carbocycles. The highest BCUT2D eigenvalue weighted by Gasteiger charge is 2.68. The average Bonchev–Trinajstić information content (AvgIpc) is 3.24. The van der Waals surface area contributed by atoms with E-state index in [0.29, 0.717) is 36.3 Å². The molecular weight excluding hydrogens is 336 g/mol. The summed E-state index contributed by atoms with van der Waals surface area (Å²) < 4.78 is 12.1. The Morgan fingerprint density at radius 1 is 1.00 bits per heavy atom. The molecule has 4 fully saturated rings. The molecule has 4 rings (SSSR count). The van der Waals surface area contributed by atoms with Crippen LogP contribution >= 0.6 is 11.8 Å². The molecule has 25 heavy (non-hydrogen) atoms. The van der Waals surface area contributed by atoms with Gasteiger partial charge in [0.15, 0.2) is 0 Å². The summed E-state index contributed by atoms with van der Waals surface area (Å²) in [5.41, 5.74) is 0. The molecule has 1 aliphatic carbocycles. The zero-order chi connectivity index (χ0) is 17.2. The topological polar surface area (TPSA) is 59.1 Å². The smallest absolute Gasteiger partial charge is 0.303 e. The number of allylic oxidation sites excluding steroid dienone is 2. The van der Waals surface area contributed by atoms with Crippen molar-refractivity contribution in [1.82, 2.24) is 0 Å². The third kappa shape index (κ3) is 4.09. The second-order valence-corrected chi connectivity index (χ2v) is 9.38. The van der Waals surface area contributed by atoms with Crippen LogP contribution in [-0.2, 0) is 14.3 Å². The summed E-state index contributed by atoms with van der Waals surface area (Å²) in [5, 5.41) is 9.55. The Hall–Kier alpha value is -0.520. The summed E-state index contributed by atoms with van der Waals surface area (Å²) in [5.74, 6) is 1.73. The Labute approximate surface area is 154 Å². The Morgan fingerprint density at radius 2 is 1.72 bits per heavy atom. The number of fused-ring (bicyclic) bond motifs is 5. The maximum atomic E-state index is 10.6. The van der Waals surface area contributed by atoms with Gasteiger partial charge >= 0.3 is 5.97 Å². The lowest BCUT2D eigenvalue weighted by molar-refractivity contribution is -0.137. The highest BCUT2D eigenvalue weighted by molar-refractivity contribution is 7.99. The predicted molar refractivity (Wildman–Crippen MR) is 98.9 cm³/mol. The van der Waals surface area contributed by atoms with Crippen LogP contribution in [0.4, 0.5) is 0 Å². The number of aliphatic carboxylic acids is 1. The average molecular weight is 367 g/mol. The van der Waals surface area contributed by atoms with E-state index in [9.17, 15) is 4.79 Å². The molecule has 4 aliphatic rings. The number of carbonyl (C=O) groups is 1. The lowest BCUT2D eigenvalue weighted by atomic mass is 9.78. The van der Waals surface area contributed by atoms with Gasteiger partial charge in [0, 0.05) is 17.6 Å². The Morgan fingerprint density at radius 3 is 2.48 bits per heavy atom. The summed E-state index contributed by atoms with van der Waals surface area (Å²) in [6.07, 6.45) is 15.7. The van der Waals surface area contributed by atoms with E-state index in [1.807, 2.05) is 0 Å². The van der Waals surface area contributed by atoms with Crippen LogP contribution in [0.2, 0.25) is 0 Å². The number of carboxylic acid groups (broad SMARTS) is 1. The summed E-state index contributed by atoms with van der Waals surface area (Å²) in [4.78, 5) is 10.6. The number of carboxylic acids is 1. The molecule has 4 nitrogen and oxygen atoms in total. The summed E-state index contributed by atoms with van der Waals surface area (Å²) in [6.45, 7) is 0. The van der Waals surface area contributed by atoms with Crippen molar-refractivity contribution in [3.05, 3.63) is 12.2 Å². The van der Waals surface area contributed by atoms with Gasteiger partial charge in [0.1, 0.15) is 12.2 Å². The first kappa shape index (κ1) is 17.9. The molecule has 2 bridgehead atoms. The predicted octanol–water partition coefficient (Wildman–Crippen LogP) is 4.03. The number of epoxide rings is 1. The molecule has 1 N–H and O–H groups in total. The molecular formula is C20H30O4S. The molecule has 6 atom stereocenters. The van der Waals surface area contributed by atoms with Crippen molar-refractivity contribution >= 4 is 17.7 Å². The van der Waals surface area contributed by atoms with Gasteiger partial charge in [-0.25, -0.2) is 0 Å². The van der Waals surface area contributed by atoms with E-state index >= 15 is 0 Å². The summed E-state index contributed by atoms with van der Waals surface area (Å²) in [6, 6.07) is 0. The van der Waals surface area contributed by atoms with E-state index in [4.69, 9.17) is 14.6 Å². The lowest BCUT2D eigenvalue weighted by Gasteiger charge is -2.28. The van der Waals surface area contributed by atoms with Crippen molar-refractivity contribution in [2.75, 3.05) is 5.75 Å². The fourth-order valence-electron chi connectivity index (χ4n) is 4.93. The SMILES string of the molecule is O=C(O)CCC/C=C\C[C@H]1[C@@H](CSC2CCCCC2)[C@@H]2O[C@H]1[C@@H]1O[C@@H]12. The van der Waals surface area contributed by atoms with Gasteiger partial charge in [0.25, 0.3) is 0 Å². The van der Waals surface area contributed by atoms with Crippen molar-refractivity contribution in [2.45, 2.75) is 87.5 Å². The van der Waals surface area contributed by atoms with Gasteiger partial charge in [0.2, 0.25) is 0 Å². The highest BCUT2D eigenvalue weighted by Crippen LogP contribution is 2.55. The van der Waals surface area contributed by atoms with Gasteiger partial charge in [-0.1, -0.05) is 31.4 Å². The lowest BCUT2D eigenvalue weighted by Crippen LogP contribution is -2.34. The van der Waals surface area contributed by atoms with E-state index in [1.165, 1.54) is 37.9 Å². The molecule has 140 valence electrons. The van der Waals surface area contributed by atoms with Gasteiger partial charge in [-0.15, -0.1) is 0 Å². The number of thioether (sulfide) groups is 1. The van der Waals surface area contributed by atoms with Crippen molar-refractivity contribution in [1.29, 1.82) is 0 Å². The first-order valence-electron chi connectivity index (χ1n) is 10.0. The second-order valence-electron chi connectivity index (χ2n) is 8.04. The largest absolute Gasteiger partial charge is 0.481 e. The van der Waals surface area contributed by atoms with Crippen LogP contribution in [0.5, 0.6) is 0 Å². The molecule has 3 heterocycles. The molecule has 3 saturated heterocycles. The molecule has 0 spiro atoms. The van der Waals surface area contributed by atoms with Gasteiger partial charge in [0.05, 0.1) is 12.2 Å². The second kappa shape index (κ2) is 8.01. The Kier molecular flexibility index (Phi) is 5.73. The monoisotopic (exact) mass is 366 g/mol. The van der Waals surface area contributed by atoms with E-state index in [-0.39, 0.29) is 6.42 Å². The molecule has 0 unspecified atom stereocenters. The van der Waals surface area contributed by atoms with E-state index in [0.717, 1.165) is 24.5 Å². The van der Waals surface area contributed by atoms with E-state index < -0.39 is 5.97 Å². The van der Waals surface area contributed by atoms with Gasteiger partial charge in [-0.2, -0.15) is 11.8 Å². The maximum absolute atomic E-state index is 10.6. The number of hydrogen-bond acceptors (Lipinski definition) is 4. The zero-order valence-electron chi connectivity index (χ0n) is 14.8. The standard InChI is InChI=1S/C20H30O4S/c21-16(22)11-7-2-1-6-10-14-15(12-25-13-8-4-3-5-9-13)18-20-19(24-20)17(14)23-18/h1,6,13-15,17-20H,2-5,7-12H2,(H,21,22)/b6-1-/t14-,15+,17+,18-,19-,20+/m0/s1. The van der Waals surface area contributed by atoms with Crippen LogP contribution in [0.15, 0.2) is 12.2 Å². The molecule has 0 aromatic heterocycles. The van der Waals surface area contributed by atoms with Crippen LogP contribution in [0, 0.1) is 11.8 Å². The maximum Gasteiger partial charge on any atom is 0.303 e. The molecule has 0 aromatic rings. The minimum absolute atomic E-state index is 0.264. The molecule has 3 aliphatic heterocycles. The van der Waals surface area contributed by atoms with Crippen LogP contribution in [-0.4, -0.2) is 46.5 Å². The minimum atomic E-state index is -0.702. The zero-order valence-corrected chi connectivity index (χ0v) is 15.7. The summed E-state index contributed by atoms with van der Waals surface area (Å²) in [7, 11) is 0. The van der Waals surface area contributed by atoms with Crippen molar-refractivity contribution in [3.63, 3.8) is 0 Å². The first-order chi connectivity index (χ1) is 12.2. The number of rotatable bonds is 9. The molecule has 5 heteroatoms. The third-order valence-corrected chi connectivity index (χ3v) is 7.85. The van der Waals surface area contributed by atoms with E-state index in [2.05, 4.69) is 23.9 Å². The normalized spacial score (nSPS) is 39.8. The summed E-state index contributed by atoms with van der Waals surface area (Å²) >= 11 is 2.18. The minimum Gasteiger partial charge on any atom is -0.481 e. The van der Waals surface area contributed by atoms with Crippen molar-refractivity contribution in [2.24, 2.45) is 11.8 Å². The third-order valence-electron chi connectivity index (χ3n) is 6.33. The number of ether oxygens (including phenoxy) is 2. The van der Waals surface area contributed by atoms with Crippen LogP contribution in [0.3, 0.4) is 0 Å². The number of hydrogen-bond donors (Lipinski definition) is 1. The molecule has 0 amide bonds. The molecule has 0 radical (unpaired) electrons. The molecule has 1 saturated carbocycles.